The normalized spacial score (nSPS) is 15.0. The lowest BCUT2D eigenvalue weighted by Gasteiger charge is -2.13. The van der Waals surface area contributed by atoms with E-state index in [9.17, 15) is 4.79 Å². The van der Waals surface area contributed by atoms with E-state index in [0.29, 0.717) is 15.8 Å². The molecule has 1 saturated carbocycles. The molecule has 1 heterocycles. The second kappa shape index (κ2) is 7.16. The third-order valence-electron chi connectivity index (χ3n) is 3.72. The molecule has 1 aromatic heterocycles. The van der Waals surface area contributed by atoms with Crippen LogP contribution in [-0.2, 0) is 0 Å². The van der Waals surface area contributed by atoms with Gasteiger partial charge in [0.25, 0.3) is 5.91 Å². The van der Waals surface area contributed by atoms with Crippen LogP contribution in [0.4, 0.5) is 5.69 Å². The Balaban J connectivity index is 1.81. The summed E-state index contributed by atoms with van der Waals surface area (Å²) in [6.07, 6.45) is 8.31. The van der Waals surface area contributed by atoms with Gasteiger partial charge in [-0.15, -0.1) is 11.8 Å². The number of anilines is 1. The number of rotatable bonds is 4. The molecule has 114 valence electrons. The Morgan fingerprint density at radius 2 is 1.91 bits per heavy atom. The fourth-order valence-corrected chi connectivity index (χ4v) is 4.13. The van der Waals surface area contributed by atoms with Crippen LogP contribution >= 0.6 is 23.4 Å². The van der Waals surface area contributed by atoms with Crippen molar-refractivity contribution in [2.45, 2.75) is 35.8 Å². The zero-order valence-electron chi connectivity index (χ0n) is 12.1. The zero-order chi connectivity index (χ0) is 15.4. The first-order valence-corrected chi connectivity index (χ1v) is 8.66. The monoisotopic (exact) mass is 332 g/mol. The number of hydrogen-bond donors (Lipinski definition) is 1. The summed E-state index contributed by atoms with van der Waals surface area (Å²) in [5, 5.41) is 4.08. The largest absolute Gasteiger partial charge is 0.322 e. The van der Waals surface area contributed by atoms with Crippen molar-refractivity contribution in [3.8, 4) is 0 Å². The van der Waals surface area contributed by atoms with Crippen LogP contribution in [0.15, 0.2) is 47.6 Å². The Morgan fingerprint density at radius 3 is 2.64 bits per heavy atom. The molecule has 1 aromatic carbocycles. The van der Waals surface area contributed by atoms with Gasteiger partial charge in [0.2, 0.25) is 0 Å². The molecule has 1 N–H and O–H groups in total. The van der Waals surface area contributed by atoms with Crippen molar-refractivity contribution >= 4 is 35.0 Å². The van der Waals surface area contributed by atoms with Gasteiger partial charge >= 0.3 is 0 Å². The molecule has 0 saturated heterocycles. The minimum Gasteiger partial charge on any atom is -0.322 e. The lowest BCUT2D eigenvalue weighted by molar-refractivity contribution is 0.102. The third-order valence-corrected chi connectivity index (χ3v) is 5.37. The van der Waals surface area contributed by atoms with E-state index >= 15 is 0 Å². The Morgan fingerprint density at radius 1 is 1.18 bits per heavy atom. The fourth-order valence-electron chi connectivity index (χ4n) is 2.60. The number of carbonyl (C=O) groups excluding carboxylic acids is 1. The molecule has 3 nitrogen and oxygen atoms in total. The summed E-state index contributed by atoms with van der Waals surface area (Å²) in [5.74, 6) is -0.130. The van der Waals surface area contributed by atoms with Crippen LogP contribution in [0.1, 0.15) is 36.0 Å². The van der Waals surface area contributed by atoms with Crippen LogP contribution in [0.3, 0.4) is 0 Å². The minimum atomic E-state index is -0.130. The second-order valence-corrected chi connectivity index (χ2v) is 7.13. The van der Waals surface area contributed by atoms with Crippen LogP contribution in [0.5, 0.6) is 0 Å². The summed E-state index contributed by atoms with van der Waals surface area (Å²) >= 11 is 7.87. The lowest BCUT2D eigenvalue weighted by atomic mass is 10.2. The summed E-state index contributed by atoms with van der Waals surface area (Å²) in [6.45, 7) is 0. The lowest BCUT2D eigenvalue weighted by Crippen LogP contribution is -2.13. The maximum Gasteiger partial charge on any atom is 0.256 e. The van der Waals surface area contributed by atoms with Gasteiger partial charge in [0.1, 0.15) is 0 Å². The Kier molecular flexibility index (Phi) is 5.01. The topological polar surface area (TPSA) is 42.0 Å². The molecule has 0 radical (unpaired) electrons. The Hall–Kier alpha value is -1.52. The summed E-state index contributed by atoms with van der Waals surface area (Å²) in [4.78, 5) is 17.5. The van der Waals surface area contributed by atoms with Crippen molar-refractivity contribution in [1.82, 2.24) is 4.98 Å². The number of amides is 1. The molecule has 1 aliphatic rings. The Labute approximate surface area is 139 Å². The van der Waals surface area contributed by atoms with Gasteiger partial charge in [-0.1, -0.05) is 24.4 Å². The number of nitrogens with one attached hydrogen (secondary N) is 1. The summed E-state index contributed by atoms with van der Waals surface area (Å²) < 4.78 is 0. The van der Waals surface area contributed by atoms with Gasteiger partial charge in [-0.2, -0.15) is 0 Å². The van der Waals surface area contributed by atoms with Gasteiger partial charge in [0.05, 0.1) is 5.56 Å². The number of nitrogens with zero attached hydrogens (tertiary/aromatic N) is 1. The highest BCUT2D eigenvalue weighted by Gasteiger charge is 2.20. The summed E-state index contributed by atoms with van der Waals surface area (Å²) in [5.41, 5.74) is 1.37. The van der Waals surface area contributed by atoms with E-state index in [1.165, 1.54) is 25.7 Å². The first-order valence-electron chi connectivity index (χ1n) is 7.40. The van der Waals surface area contributed by atoms with E-state index in [0.717, 1.165) is 10.6 Å². The second-order valence-electron chi connectivity index (χ2n) is 5.35. The maximum absolute atomic E-state index is 12.6. The molecule has 3 rings (SSSR count). The highest BCUT2D eigenvalue weighted by atomic mass is 35.5. The molecular weight excluding hydrogens is 316 g/mol. The summed E-state index contributed by atoms with van der Waals surface area (Å²) in [7, 11) is 0. The first-order chi connectivity index (χ1) is 10.7. The molecule has 0 bridgehead atoms. The van der Waals surface area contributed by atoms with Gasteiger partial charge in [0.15, 0.2) is 0 Å². The molecule has 0 spiro atoms. The average molecular weight is 333 g/mol. The van der Waals surface area contributed by atoms with Crippen molar-refractivity contribution in [3.63, 3.8) is 0 Å². The van der Waals surface area contributed by atoms with E-state index in [1.54, 1.807) is 42.4 Å². The van der Waals surface area contributed by atoms with Gasteiger partial charge in [-0.3, -0.25) is 9.78 Å². The highest BCUT2D eigenvalue weighted by Crippen LogP contribution is 2.37. The molecule has 22 heavy (non-hydrogen) atoms. The van der Waals surface area contributed by atoms with Crippen molar-refractivity contribution in [1.29, 1.82) is 0 Å². The molecule has 0 unspecified atom stereocenters. The van der Waals surface area contributed by atoms with Crippen molar-refractivity contribution < 1.29 is 4.79 Å². The van der Waals surface area contributed by atoms with E-state index in [1.807, 2.05) is 12.1 Å². The molecule has 1 fully saturated rings. The molecule has 1 aliphatic carbocycles. The smallest absolute Gasteiger partial charge is 0.256 e. The van der Waals surface area contributed by atoms with Gasteiger partial charge in [-0.25, -0.2) is 0 Å². The quantitative estimate of drug-likeness (QED) is 0.854. The van der Waals surface area contributed by atoms with Crippen LogP contribution < -0.4 is 5.32 Å². The van der Waals surface area contributed by atoms with E-state index in [2.05, 4.69) is 10.3 Å². The van der Waals surface area contributed by atoms with Crippen molar-refractivity contribution in [2.75, 3.05) is 5.32 Å². The highest BCUT2D eigenvalue weighted by molar-refractivity contribution is 8.00. The van der Waals surface area contributed by atoms with Crippen LogP contribution in [0.25, 0.3) is 0 Å². The summed E-state index contributed by atoms with van der Waals surface area (Å²) in [6, 6.07) is 9.09. The molecular formula is C17H17ClN2OS. The van der Waals surface area contributed by atoms with Crippen molar-refractivity contribution in [3.05, 3.63) is 53.3 Å². The minimum absolute atomic E-state index is 0.130. The predicted molar refractivity (Wildman–Crippen MR) is 91.8 cm³/mol. The number of aromatic nitrogens is 1. The number of halogens is 1. The maximum atomic E-state index is 12.6. The van der Waals surface area contributed by atoms with E-state index < -0.39 is 0 Å². The number of carbonyl (C=O) groups is 1. The first kappa shape index (κ1) is 15.4. The van der Waals surface area contributed by atoms with Gasteiger partial charge in [-0.05, 0) is 43.2 Å². The van der Waals surface area contributed by atoms with Crippen molar-refractivity contribution in [2.24, 2.45) is 0 Å². The van der Waals surface area contributed by atoms with Crippen LogP contribution in [0, 0.1) is 0 Å². The number of thioether (sulfide) groups is 1. The fraction of sp³-hybridized carbons (Fsp3) is 0.294. The molecule has 0 aliphatic heterocycles. The predicted octanol–water partition coefficient (Wildman–Crippen LogP) is 5.02. The number of pyridine rings is 1. The number of benzene rings is 1. The van der Waals surface area contributed by atoms with Gasteiger partial charge < -0.3 is 5.32 Å². The molecule has 5 heteroatoms. The molecule has 2 aromatic rings. The van der Waals surface area contributed by atoms with E-state index in [4.69, 9.17) is 11.6 Å². The molecule has 1 amide bonds. The van der Waals surface area contributed by atoms with Gasteiger partial charge in [0, 0.05) is 33.2 Å². The zero-order valence-corrected chi connectivity index (χ0v) is 13.7. The Bertz CT molecular complexity index is 657. The van der Waals surface area contributed by atoms with E-state index in [-0.39, 0.29) is 5.91 Å². The number of hydrogen-bond acceptors (Lipinski definition) is 3. The van der Waals surface area contributed by atoms with Crippen LogP contribution in [0.2, 0.25) is 5.02 Å². The molecule has 0 atom stereocenters. The average Bonchev–Trinajstić information content (AvgIpc) is 3.03. The standard InChI is InChI=1S/C17H17ClN2OS/c18-12-5-6-16(22-14-3-1-2-4-14)15(11-12)17(21)20-13-7-9-19-10-8-13/h5-11,14H,1-4H2,(H,19,20,21). The third kappa shape index (κ3) is 3.81. The van der Waals surface area contributed by atoms with Crippen LogP contribution in [-0.4, -0.2) is 16.1 Å². The SMILES string of the molecule is O=C(Nc1ccncc1)c1cc(Cl)ccc1SC1CCCC1.